The van der Waals surface area contributed by atoms with E-state index in [-0.39, 0.29) is 17.8 Å². The molecule has 2 aromatic rings. The van der Waals surface area contributed by atoms with E-state index in [0.717, 1.165) is 43.2 Å². The Labute approximate surface area is 179 Å². The number of anilines is 1. The third kappa shape index (κ3) is 5.64. The minimum Gasteiger partial charge on any atom is -0.497 e. The molecule has 6 heteroatoms. The van der Waals surface area contributed by atoms with Crippen molar-refractivity contribution in [3.8, 4) is 11.5 Å². The quantitative estimate of drug-likeness (QED) is 0.746. The smallest absolute Gasteiger partial charge is 0.146 e. The summed E-state index contributed by atoms with van der Waals surface area (Å²) in [6.45, 7) is 10.2. The van der Waals surface area contributed by atoms with Gasteiger partial charge in [-0.1, -0.05) is 32.9 Å². The number of hydrogen-bond acceptors (Lipinski definition) is 5. The van der Waals surface area contributed by atoms with Crippen molar-refractivity contribution in [3.05, 3.63) is 53.8 Å². The molecule has 5 nitrogen and oxygen atoms in total. The number of piperazine rings is 1. The van der Waals surface area contributed by atoms with Gasteiger partial charge in [0.05, 0.1) is 12.8 Å². The van der Waals surface area contributed by atoms with Crippen molar-refractivity contribution in [2.75, 3.05) is 51.3 Å². The van der Waals surface area contributed by atoms with Gasteiger partial charge in [0.15, 0.2) is 0 Å². The lowest BCUT2D eigenvalue weighted by atomic mass is 9.86. The van der Waals surface area contributed by atoms with E-state index in [4.69, 9.17) is 9.47 Å². The molecule has 0 aromatic heterocycles. The number of rotatable bonds is 7. The SMILES string of the molecule is COc1ccc(OC[C@H](O)CN2CCN(c3ccccc3F)CC2)c(C(C)(C)C)c1. The van der Waals surface area contributed by atoms with Crippen molar-refractivity contribution >= 4 is 5.69 Å². The number of aliphatic hydroxyl groups is 1. The average molecular weight is 417 g/mol. The summed E-state index contributed by atoms with van der Waals surface area (Å²) in [7, 11) is 1.65. The summed E-state index contributed by atoms with van der Waals surface area (Å²) >= 11 is 0. The van der Waals surface area contributed by atoms with Gasteiger partial charge in [-0.05, 0) is 35.7 Å². The molecule has 2 aromatic carbocycles. The Bertz CT molecular complexity index is 829. The number of β-amino-alcohol motifs (C(OH)–C–C–N with tert-alkyl or cyclic N) is 1. The monoisotopic (exact) mass is 416 g/mol. The molecule has 3 rings (SSSR count). The highest BCUT2D eigenvalue weighted by molar-refractivity contribution is 5.48. The van der Waals surface area contributed by atoms with E-state index >= 15 is 0 Å². The summed E-state index contributed by atoms with van der Waals surface area (Å²) < 4.78 is 25.3. The van der Waals surface area contributed by atoms with Crippen LogP contribution in [0.4, 0.5) is 10.1 Å². The molecule has 1 fully saturated rings. The summed E-state index contributed by atoms with van der Waals surface area (Å²) in [4.78, 5) is 4.26. The Morgan fingerprint density at radius 1 is 1.07 bits per heavy atom. The zero-order chi connectivity index (χ0) is 21.7. The predicted octanol–water partition coefficient (Wildman–Crippen LogP) is 3.69. The Kier molecular flexibility index (Phi) is 7.21. The van der Waals surface area contributed by atoms with Gasteiger partial charge in [0.2, 0.25) is 0 Å². The first kappa shape index (κ1) is 22.4. The van der Waals surface area contributed by atoms with Crippen molar-refractivity contribution in [2.45, 2.75) is 32.3 Å². The molecule has 1 heterocycles. The third-order valence-corrected chi connectivity index (χ3v) is 5.46. The Morgan fingerprint density at radius 3 is 2.40 bits per heavy atom. The zero-order valence-corrected chi connectivity index (χ0v) is 18.4. The molecule has 0 aliphatic carbocycles. The molecule has 1 atom stereocenters. The Morgan fingerprint density at radius 2 is 1.77 bits per heavy atom. The Balaban J connectivity index is 1.51. The predicted molar refractivity (Wildman–Crippen MR) is 118 cm³/mol. The number of aliphatic hydroxyl groups excluding tert-OH is 1. The molecular weight excluding hydrogens is 383 g/mol. The van der Waals surface area contributed by atoms with E-state index in [9.17, 15) is 9.50 Å². The van der Waals surface area contributed by atoms with Crippen LogP contribution in [-0.2, 0) is 5.41 Å². The van der Waals surface area contributed by atoms with E-state index in [1.54, 1.807) is 13.2 Å². The van der Waals surface area contributed by atoms with Gasteiger partial charge in [-0.15, -0.1) is 0 Å². The minimum absolute atomic E-state index is 0.0993. The normalized spacial score (nSPS) is 16.4. The molecule has 0 saturated carbocycles. The van der Waals surface area contributed by atoms with Gasteiger partial charge < -0.3 is 19.5 Å². The van der Waals surface area contributed by atoms with Crippen LogP contribution in [0.3, 0.4) is 0 Å². The molecule has 1 aliphatic rings. The molecule has 0 amide bonds. The summed E-state index contributed by atoms with van der Waals surface area (Å²) in [6.07, 6.45) is -0.597. The van der Waals surface area contributed by atoms with Crippen LogP contribution in [0.25, 0.3) is 0 Å². The van der Waals surface area contributed by atoms with Crippen LogP contribution in [0.2, 0.25) is 0 Å². The first-order valence-corrected chi connectivity index (χ1v) is 10.5. The fraction of sp³-hybridized carbons (Fsp3) is 0.500. The standard InChI is InChI=1S/C24H33FN2O3/c1-24(2,3)20-15-19(29-4)9-10-23(20)30-17-18(28)16-26-11-13-27(14-12-26)22-8-6-5-7-21(22)25/h5-10,15,18,28H,11-14,16-17H2,1-4H3/t18-/m1/s1. The van der Waals surface area contributed by atoms with Crippen LogP contribution in [0, 0.1) is 5.82 Å². The van der Waals surface area contributed by atoms with Gasteiger partial charge >= 0.3 is 0 Å². The van der Waals surface area contributed by atoms with E-state index in [1.807, 2.05) is 30.3 Å². The van der Waals surface area contributed by atoms with Gasteiger partial charge in [-0.3, -0.25) is 4.90 Å². The van der Waals surface area contributed by atoms with Crippen LogP contribution in [0.1, 0.15) is 26.3 Å². The van der Waals surface area contributed by atoms with E-state index in [2.05, 4.69) is 30.6 Å². The van der Waals surface area contributed by atoms with Crippen LogP contribution < -0.4 is 14.4 Å². The lowest BCUT2D eigenvalue weighted by molar-refractivity contribution is 0.0656. The average Bonchev–Trinajstić information content (AvgIpc) is 2.72. The molecule has 0 radical (unpaired) electrons. The first-order valence-electron chi connectivity index (χ1n) is 10.5. The summed E-state index contributed by atoms with van der Waals surface area (Å²) in [6, 6.07) is 12.6. The summed E-state index contributed by atoms with van der Waals surface area (Å²) in [5.74, 6) is 1.38. The fourth-order valence-electron chi connectivity index (χ4n) is 3.76. The van der Waals surface area contributed by atoms with Crippen LogP contribution in [0.15, 0.2) is 42.5 Å². The highest BCUT2D eigenvalue weighted by atomic mass is 19.1. The molecule has 1 saturated heterocycles. The highest BCUT2D eigenvalue weighted by Crippen LogP contribution is 2.34. The molecule has 0 bridgehead atoms. The van der Waals surface area contributed by atoms with Gasteiger partial charge in [-0.2, -0.15) is 0 Å². The number of ether oxygens (including phenoxy) is 2. The summed E-state index contributed by atoms with van der Waals surface area (Å²) in [5, 5.41) is 10.5. The van der Waals surface area contributed by atoms with Crippen LogP contribution >= 0.6 is 0 Å². The number of nitrogens with zero attached hydrogens (tertiary/aromatic N) is 2. The summed E-state index contributed by atoms with van der Waals surface area (Å²) in [5.41, 5.74) is 1.60. The second kappa shape index (κ2) is 9.67. The van der Waals surface area contributed by atoms with Gasteiger partial charge in [-0.25, -0.2) is 4.39 Å². The van der Waals surface area contributed by atoms with Gasteiger partial charge in [0.25, 0.3) is 0 Å². The maximum atomic E-state index is 14.0. The lowest BCUT2D eigenvalue weighted by Crippen LogP contribution is -2.49. The molecule has 0 unspecified atom stereocenters. The fourth-order valence-corrected chi connectivity index (χ4v) is 3.76. The van der Waals surface area contributed by atoms with E-state index in [0.29, 0.717) is 12.2 Å². The van der Waals surface area contributed by atoms with E-state index in [1.165, 1.54) is 6.07 Å². The molecule has 1 N–H and O–H groups in total. The van der Waals surface area contributed by atoms with Gasteiger partial charge in [0.1, 0.15) is 30.0 Å². The molecule has 1 aliphatic heterocycles. The third-order valence-electron chi connectivity index (χ3n) is 5.46. The molecular formula is C24H33FN2O3. The molecule has 0 spiro atoms. The van der Waals surface area contributed by atoms with Crippen molar-refractivity contribution < 1.29 is 19.0 Å². The first-order chi connectivity index (χ1) is 14.3. The number of methoxy groups -OCH3 is 1. The highest BCUT2D eigenvalue weighted by Gasteiger charge is 2.23. The van der Waals surface area contributed by atoms with Crippen LogP contribution in [-0.4, -0.2) is 62.6 Å². The number of hydrogen-bond donors (Lipinski definition) is 1. The maximum Gasteiger partial charge on any atom is 0.146 e. The van der Waals surface area contributed by atoms with Gasteiger partial charge in [0, 0.05) is 38.3 Å². The lowest BCUT2D eigenvalue weighted by Gasteiger charge is -2.37. The second-order valence-electron chi connectivity index (χ2n) is 8.82. The topological polar surface area (TPSA) is 45.2 Å². The maximum absolute atomic E-state index is 14.0. The number of benzene rings is 2. The van der Waals surface area contributed by atoms with Crippen molar-refractivity contribution in [1.82, 2.24) is 4.90 Å². The van der Waals surface area contributed by atoms with Crippen LogP contribution in [0.5, 0.6) is 11.5 Å². The van der Waals surface area contributed by atoms with Crippen molar-refractivity contribution in [3.63, 3.8) is 0 Å². The zero-order valence-electron chi connectivity index (χ0n) is 18.4. The van der Waals surface area contributed by atoms with Crippen molar-refractivity contribution in [2.24, 2.45) is 0 Å². The number of para-hydroxylation sites is 1. The largest absolute Gasteiger partial charge is 0.497 e. The molecule has 164 valence electrons. The number of halogens is 1. The van der Waals surface area contributed by atoms with Crippen molar-refractivity contribution in [1.29, 1.82) is 0 Å². The van der Waals surface area contributed by atoms with E-state index < -0.39 is 6.10 Å². The Hall–Kier alpha value is -2.31. The molecule has 30 heavy (non-hydrogen) atoms. The second-order valence-corrected chi connectivity index (χ2v) is 8.82. The minimum atomic E-state index is -0.597.